The second-order valence-corrected chi connectivity index (χ2v) is 5.75. The molecule has 0 saturated heterocycles. The summed E-state index contributed by atoms with van der Waals surface area (Å²) in [5, 5.41) is 3.60. The van der Waals surface area contributed by atoms with Crippen molar-refractivity contribution in [2.24, 2.45) is 0 Å². The van der Waals surface area contributed by atoms with Gasteiger partial charge in [-0.3, -0.25) is 4.79 Å². The molecular weight excluding hydrogens is 302 g/mol. The first-order chi connectivity index (χ1) is 10.7. The predicted octanol–water partition coefficient (Wildman–Crippen LogP) is 3.90. The van der Waals surface area contributed by atoms with E-state index in [1.54, 1.807) is 18.4 Å². The van der Waals surface area contributed by atoms with Gasteiger partial charge in [-0.2, -0.15) is 0 Å². The highest BCUT2D eigenvalue weighted by molar-refractivity contribution is 6.32. The molecule has 22 heavy (non-hydrogen) atoms. The number of nitrogens with one attached hydrogen (secondary N) is 1. The monoisotopic (exact) mass is 319 g/mol. The summed E-state index contributed by atoms with van der Waals surface area (Å²) in [6.45, 7) is 0.306. The summed E-state index contributed by atoms with van der Waals surface area (Å²) in [5.74, 6) is 1.57. The van der Waals surface area contributed by atoms with Crippen LogP contribution in [0.4, 0.5) is 0 Å². The lowest BCUT2D eigenvalue weighted by atomic mass is 9.93. The number of amides is 1. The molecule has 0 bridgehead atoms. The fourth-order valence-electron chi connectivity index (χ4n) is 2.72. The van der Waals surface area contributed by atoms with Gasteiger partial charge in [-0.05, 0) is 31.0 Å². The molecule has 5 heteroatoms. The molecule has 0 aliphatic heterocycles. The minimum absolute atomic E-state index is 0.0221. The summed E-state index contributed by atoms with van der Waals surface area (Å²) in [6.07, 6.45) is 4.92. The van der Waals surface area contributed by atoms with Gasteiger partial charge in [-0.25, -0.2) is 0 Å². The van der Waals surface area contributed by atoms with Crippen LogP contribution in [0.25, 0.3) is 0 Å². The number of benzene rings is 1. The van der Waals surface area contributed by atoms with Crippen LogP contribution < -0.4 is 10.1 Å². The molecule has 4 nitrogen and oxygen atoms in total. The summed E-state index contributed by atoms with van der Waals surface area (Å²) >= 11 is 6.00. The number of para-hydroxylation sites is 1. The van der Waals surface area contributed by atoms with Crippen LogP contribution in [0.2, 0.25) is 5.02 Å². The summed E-state index contributed by atoms with van der Waals surface area (Å²) in [6, 6.07) is 9.24. The van der Waals surface area contributed by atoms with Gasteiger partial charge in [0.25, 0.3) is 0 Å². The molecule has 1 unspecified atom stereocenters. The van der Waals surface area contributed by atoms with Crippen molar-refractivity contribution >= 4 is 17.5 Å². The third-order valence-corrected chi connectivity index (χ3v) is 4.12. The smallest absolute Gasteiger partial charge is 0.223 e. The van der Waals surface area contributed by atoms with Gasteiger partial charge in [0.05, 0.1) is 30.4 Å². The first-order valence-electron chi connectivity index (χ1n) is 7.47. The van der Waals surface area contributed by atoms with Crippen molar-refractivity contribution in [3.8, 4) is 5.75 Å². The van der Waals surface area contributed by atoms with Crippen molar-refractivity contribution < 1.29 is 13.9 Å². The van der Waals surface area contributed by atoms with Gasteiger partial charge in [-0.1, -0.05) is 23.7 Å². The van der Waals surface area contributed by atoms with Gasteiger partial charge in [0.1, 0.15) is 11.5 Å². The van der Waals surface area contributed by atoms with Crippen molar-refractivity contribution in [3.63, 3.8) is 0 Å². The topological polar surface area (TPSA) is 51.5 Å². The van der Waals surface area contributed by atoms with Crippen molar-refractivity contribution in [3.05, 3.63) is 52.9 Å². The second-order valence-electron chi connectivity index (χ2n) is 5.34. The van der Waals surface area contributed by atoms with Crippen LogP contribution in [-0.2, 0) is 11.2 Å². The zero-order chi connectivity index (χ0) is 15.4. The molecule has 1 aliphatic carbocycles. The normalized spacial score (nSPS) is 16.9. The fraction of sp³-hybridized carbons (Fsp3) is 0.353. The van der Waals surface area contributed by atoms with E-state index in [-0.39, 0.29) is 11.9 Å². The lowest BCUT2D eigenvalue weighted by Gasteiger charge is -2.22. The number of ether oxygens (including phenoxy) is 1. The zero-order valence-electron chi connectivity index (χ0n) is 12.2. The number of halogens is 1. The van der Waals surface area contributed by atoms with E-state index in [4.69, 9.17) is 20.8 Å². The largest absolute Gasteiger partial charge is 0.491 e. The Labute approximate surface area is 134 Å². The Morgan fingerprint density at radius 3 is 3.09 bits per heavy atom. The maximum atomic E-state index is 12.1. The molecule has 1 N–H and O–H groups in total. The predicted molar refractivity (Wildman–Crippen MR) is 84.1 cm³/mol. The van der Waals surface area contributed by atoms with Gasteiger partial charge in [0, 0.05) is 12.0 Å². The summed E-state index contributed by atoms with van der Waals surface area (Å²) in [7, 11) is 0. The molecule has 0 saturated carbocycles. The molecule has 3 rings (SSSR count). The number of furan rings is 1. The number of hydrogen-bond donors (Lipinski definition) is 1. The highest BCUT2D eigenvalue weighted by atomic mass is 35.5. The molecular formula is C17H18ClNO3. The Balaban J connectivity index is 1.49. The minimum atomic E-state index is -0.0221. The Morgan fingerprint density at radius 1 is 1.36 bits per heavy atom. The van der Waals surface area contributed by atoms with Crippen molar-refractivity contribution in [2.45, 2.75) is 31.7 Å². The molecule has 0 spiro atoms. The average molecular weight is 320 g/mol. The van der Waals surface area contributed by atoms with Crippen LogP contribution in [0, 0.1) is 0 Å². The molecule has 116 valence electrons. The summed E-state index contributed by atoms with van der Waals surface area (Å²) in [5.41, 5.74) is 1.10. The van der Waals surface area contributed by atoms with Crippen molar-refractivity contribution in [1.82, 2.24) is 5.32 Å². The first kappa shape index (κ1) is 15.0. The number of carbonyl (C=O) groups is 1. The van der Waals surface area contributed by atoms with Crippen LogP contribution in [0.15, 0.2) is 41.0 Å². The molecule has 1 amide bonds. The average Bonchev–Trinajstić information content (AvgIpc) is 2.99. The van der Waals surface area contributed by atoms with Crippen LogP contribution >= 0.6 is 11.6 Å². The summed E-state index contributed by atoms with van der Waals surface area (Å²) in [4.78, 5) is 12.1. The standard InChI is InChI=1S/C17H18ClNO3/c18-13-4-1-2-6-16(13)22-11-9-17(20)19-14-5-3-7-15-12(14)8-10-21-15/h1-2,4,6,8,10,14H,3,5,7,9,11H2,(H,19,20). The van der Waals surface area contributed by atoms with E-state index < -0.39 is 0 Å². The molecule has 0 fully saturated rings. The number of carbonyl (C=O) groups excluding carboxylic acids is 1. The number of fused-ring (bicyclic) bond motifs is 1. The van der Waals surface area contributed by atoms with Gasteiger partial charge in [0.15, 0.2) is 0 Å². The fourth-order valence-corrected chi connectivity index (χ4v) is 2.91. The van der Waals surface area contributed by atoms with Gasteiger partial charge >= 0.3 is 0 Å². The molecule has 1 heterocycles. The zero-order valence-corrected chi connectivity index (χ0v) is 12.9. The molecule has 2 aromatic rings. The lowest BCUT2D eigenvalue weighted by molar-refractivity contribution is -0.122. The Bertz CT molecular complexity index is 653. The Morgan fingerprint density at radius 2 is 2.23 bits per heavy atom. The van der Waals surface area contributed by atoms with Gasteiger partial charge in [-0.15, -0.1) is 0 Å². The third-order valence-electron chi connectivity index (χ3n) is 3.81. The van der Waals surface area contributed by atoms with E-state index in [0.29, 0.717) is 23.8 Å². The van der Waals surface area contributed by atoms with E-state index in [2.05, 4.69) is 5.32 Å². The van der Waals surface area contributed by atoms with Crippen LogP contribution in [-0.4, -0.2) is 12.5 Å². The molecule has 1 aliphatic rings. The molecule has 1 aromatic carbocycles. The van der Waals surface area contributed by atoms with E-state index in [9.17, 15) is 4.79 Å². The highest BCUT2D eigenvalue weighted by Gasteiger charge is 2.23. The van der Waals surface area contributed by atoms with Crippen molar-refractivity contribution in [1.29, 1.82) is 0 Å². The quantitative estimate of drug-likeness (QED) is 0.909. The lowest BCUT2D eigenvalue weighted by Crippen LogP contribution is -2.31. The number of aryl methyl sites for hydroxylation is 1. The van der Waals surface area contributed by atoms with Crippen molar-refractivity contribution in [2.75, 3.05) is 6.61 Å². The van der Waals surface area contributed by atoms with Gasteiger partial charge in [0.2, 0.25) is 5.91 Å². The first-order valence-corrected chi connectivity index (χ1v) is 7.85. The van der Waals surface area contributed by atoms with Gasteiger partial charge < -0.3 is 14.5 Å². The maximum Gasteiger partial charge on any atom is 0.223 e. The number of rotatable bonds is 5. The van der Waals surface area contributed by atoms with E-state index >= 15 is 0 Å². The molecule has 1 atom stereocenters. The van der Waals surface area contributed by atoms with Crippen LogP contribution in [0.5, 0.6) is 5.75 Å². The Kier molecular flexibility index (Phi) is 4.68. The second kappa shape index (κ2) is 6.88. The van der Waals surface area contributed by atoms with Crippen LogP contribution in [0.1, 0.15) is 36.6 Å². The van der Waals surface area contributed by atoms with Crippen LogP contribution in [0.3, 0.4) is 0 Å². The Hall–Kier alpha value is -1.94. The third kappa shape index (κ3) is 3.45. The SMILES string of the molecule is O=C(CCOc1ccccc1Cl)NC1CCCc2occc21. The highest BCUT2D eigenvalue weighted by Crippen LogP contribution is 2.30. The summed E-state index contributed by atoms with van der Waals surface area (Å²) < 4.78 is 11.0. The maximum absolute atomic E-state index is 12.1. The van der Waals surface area contributed by atoms with E-state index in [0.717, 1.165) is 30.6 Å². The van der Waals surface area contributed by atoms with E-state index in [1.165, 1.54) is 0 Å². The minimum Gasteiger partial charge on any atom is -0.491 e. The number of hydrogen-bond acceptors (Lipinski definition) is 3. The van der Waals surface area contributed by atoms with E-state index in [1.807, 2.05) is 18.2 Å². The molecule has 0 radical (unpaired) electrons. The molecule has 1 aromatic heterocycles.